The van der Waals surface area contributed by atoms with Crippen molar-refractivity contribution in [2.75, 3.05) is 13.1 Å². The van der Waals surface area contributed by atoms with Gasteiger partial charge in [-0.2, -0.15) is 0 Å². The molecule has 2 fully saturated rings. The molecule has 36 heavy (non-hydrogen) atoms. The fraction of sp³-hybridized carbons (Fsp3) is 0.458. The number of rotatable bonds is 7. The number of hydrogen-bond acceptors (Lipinski definition) is 5. The number of hydrogen-bond donors (Lipinski definition) is 1. The highest BCUT2D eigenvalue weighted by Gasteiger charge is 2.71. The molecule has 0 bridgehead atoms. The SMILES string of the molecule is Cc1ccc(CNC(=O)c2ccc3n(c2=O)CCN(CC2(S(=O)(=O)[C@@H]4CC4(F)F)CC2)C3=O)cc1F. The van der Waals surface area contributed by atoms with Crippen LogP contribution in [-0.2, 0) is 22.9 Å². The predicted molar refractivity (Wildman–Crippen MR) is 123 cm³/mol. The van der Waals surface area contributed by atoms with Crippen molar-refractivity contribution in [1.82, 2.24) is 14.8 Å². The maximum atomic E-state index is 13.7. The molecule has 1 N–H and O–H groups in total. The van der Waals surface area contributed by atoms with E-state index in [0.29, 0.717) is 11.1 Å². The van der Waals surface area contributed by atoms with Crippen LogP contribution in [-0.4, -0.2) is 58.7 Å². The second-order valence-electron chi connectivity index (χ2n) is 9.76. The molecule has 0 saturated heterocycles. The van der Waals surface area contributed by atoms with E-state index in [1.165, 1.54) is 23.1 Å². The molecule has 2 saturated carbocycles. The van der Waals surface area contributed by atoms with Gasteiger partial charge in [-0.25, -0.2) is 21.6 Å². The zero-order valence-electron chi connectivity index (χ0n) is 19.4. The number of sulfone groups is 1. The van der Waals surface area contributed by atoms with Gasteiger partial charge in [0.05, 0.1) is 4.75 Å². The van der Waals surface area contributed by atoms with Crippen LogP contribution in [0, 0.1) is 12.7 Å². The third kappa shape index (κ3) is 4.00. The van der Waals surface area contributed by atoms with E-state index in [2.05, 4.69) is 5.32 Å². The molecule has 1 aromatic carbocycles. The van der Waals surface area contributed by atoms with E-state index in [-0.39, 0.29) is 50.3 Å². The number of benzene rings is 1. The first-order chi connectivity index (χ1) is 16.9. The molecule has 0 radical (unpaired) electrons. The van der Waals surface area contributed by atoms with Crippen molar-refractivity contribution in [3.63, 3.8) is 0 Å². The molecule has 0 unspecified atom stereocenters. The van der Waals surface area contributed by atoms with Gasteiger partial charge in [0.1, 0.15) is 22.3 Å². The predicted octanol–water partition coefficient (Wildman–Crippen LogP) is 2.04. The fourth-order valence-electron chi connectivity index (χ4n) is 4.67. The Morgan fingerprint density at radius 3 is 2.44 bits per heavy atom. The van der Waals surface area contributed by atoms with Crippen LogP contribution in [0.5, 0.6) is 0 Å². The van der Waals surface area contributed by atoms with Crippen LogP contribution < -0.4 is 10.9 Å². The Labute approximate surface area is 205 Å². The van der Waals surface area contributed by atoms with Crippen LogP contribution in [0.1, 0.15) is 51.2 Å². The lowest BCUT2D eigenvalue weighted by Gasteiger charge is -2.32. The number of carbonyl (C=O) groups is 2. The second-order valence-corrected chi connectivity index (χ2v) is 12.3. The molecule has 0 spiro atoms. The van der Waals surface area contributed by atoms with E-state index in [1.807, 2.05) is 0 Å². The molecule has 12 heteroatoms. The molecule has 2 aliphatic carbocycles. The number of aromatic nitrogens is 1. The van der Waals surface area contributed by atoms with Gasteiger partial charge in [-0.15, -0.1) is 0 Å². The van der Waals surface area contributed by atoms with Crippen LogP contribution >= 0.6 is 0 Å². The number of carbonyl (C=O) groups excluding carboxylic acids is 2. The summed E-state index contributed by atoms with van der Waals surface area (Å²) in [6.07, 6.45) is -0.266. The molecule has 8 nitrogen and oxygen atoms in total. The fourth-order valence-corrected chi connectivity index (χ4v) is 7.17. The van der Waals surface area contributed by atoms with Gasteiger partial charge in [-0.3, -0.25) is 14.4 Å². The number of amides is 2. The number of halogens is 3. The van der Waals surface area contributed by atoms with Gasteiger partial charge in [0.25, 0.3) is 23.3 Å². The Morgan fingerprint density at radius 2 is 1.83 bits per heavy atom. The molecule has 1 aliphatic heterocycles. The van der Waals surface area contributed by atoms with Crippen molar-refractivity contribution >= 4 is 21.7 Å². The molecule has 3 aliphatic rings. The van der Waals surface area contributed by atoms with Gasteiger partial charge < -0.3 is 14.8 Å². The van der Waals surface area contributed by atoms with Crippen molar-refractivity contribution in [2.45, 2.75) is 55.2 Å². The van der Waals surface area contributed by atoms with E-state index in [0.717, 1.165) is 4.57 Å². The van der Waals surface area contributed by atoms with Gasteiger partial charge in [-0.1, -0.05) is 12.1 Å². The zero-order chi connectivity index (χ0) is 26.0. The molecule has 5 rings (SSSR count). The monoisotopic (exact) mass is 523 g/mol. The van der Waals surface area contributed by atoms with Crippen LogP contribution in [0.4, 0.5) is 13.2 Å². The lowest BCUT2D eigenvalue weighted by molar-refractivity contribution is 0.0694. The highest BCUT2D eigenvalue weighted by molar-refractivity contribution is 7.94. The van der Waals surface area contributed by atoms with Crippen molar-refractivity contribution in [3.05, 3.63) is 68.9 Å². The first kappa shape index (κ1) is 24.5. The third-order valence-electron chi connectivity index (χ3n) is 7.24. The first-order valence-corrected chi connectivity index (χ1v) is 13.1. The summed E-state index contributed by atoms with van der Waals surface area (Å²) in [5.41, 5.74) is 0.105. The van der Waals surface area contributed by atoms with Crippen LogP contribution in [0.2, 0.25) is 0 Å². The van der Waals surface area contributed by atoms with Crippen molar-refractivity contribution in [2.24, 2.45) is 0 Å². The minimum Gasteiger partial charge on any atom is -0.348 e. The summed E-state index contributed by atoms with van der Waals surface area (Å²) in [6, 6.07) is 7.06. The molecule has 2 aromatic rings. The minimum absolute atomic E-state index is 0.000525. The summed E-state index contributed by atoms with van der Waals surface area (Å²) in [5, 5.41) is 0.872. The highest BCUT2D eigenvalue weighted by Crippen LogP contribution is 2.56. The van der Waals surface area contributed by atoms with Crippen molar-refractivity contribution in [1.29, 1.82) is 0 Å². The van der Waals surface area contributed by atoms with E-state index >= 15 is 0 Å². The Balaban J connectivity index is 1.30. The Bertz CT molecular complexity index is 1450. The number of aryl methyl sites for hydroxylation is 1. The lowest BCUT2D eigenvalue weighted by atomic mass is 10.1. The molecular formula is C24H24F3N3O5S. The molecule has 2 amide bonds. The maximum absolute atomic E-state index is 13.7. The highest BCUT2D eigenvalue weighted by atomic mass is 32.2. The zero-order valence-corrected chi connectivity index (χ0v) is 20.2. The lowest BCUT2D eigenvalue weighted by Crippen LogP contribution is -2.50. The molecule has 2 heterocycles. The molecule has 1 atom stereocenters. The second kappa shape index (κ2) is 8.19. The van der Waals surface area contributed by atoms with Crippen molar-refractivity contribution < 1.29 is 31.2 Å². The number of nitrogens with one attached hydrogen (secondary N) is 1. The summed E-state index contributed by atoms with van der Waals surface area (Å²) in [5.74, 6) is -4.90. The number of pyridine rings is 1. The smallest absolute Gasteiger partial charge is 0.270 e. The largest absolute Gasteiger partial charge is 0.348 e. The van der Waals surface area contributed by atoms with Gasteiger partial charge in [0.2, 0.25) is 0 Å². The third-order valence-corrected chi connectivity index (χ3v) is 10.2. The number of nitrogens with zero attached hydrogens (tertiary/aromatic N) is 2. The summed E-state index contributed by atoms with van der Waals surface area (Å²) in [6.45, 7) is 1.45. The average molecular weight is 524 g/mol. The maximum Gasteiger partial charge on any atom is 0.270 e. The standard InChI is InChI=1S/C24H24F3N3O5S/c1-14-2-3-15(10-17(14)25)12-28-20(31)16-4-5-18-22(33)29(8-9-30(18)21(16)32)13-23(6-7-23)36(34,35)19-11-24(19,26)27/h2-5,10,19H,6-9,11-13H2,1H3,(H,28,31)/t19-/m1/s1. The summed E-state index contributed by atoms with van der Waals surface area (Å²) < 4.78 is 66.0. The summed E-state index contributed by atoms with van der Waals surface area (Å²) >= 11 is 0. The van der Waals surface area contributed by atoms with E-state index in [9.17, 15) is 36.0 Å². The van der Waals surface area contributed by atoms with Gasteiger partial charge in [-0.05, 0) is 49.1 Å². The topological polar surface area (TPSA) is 106 Å². The van der Waals surface area contributed by atoms with Gasteiger partial charge in [0.15, 0.2) is 9.84 Å². The molecule has 1 aromatic heterocycles. The number of alkyl halides is 2. The summed E-state index contributed by atoms with van der Waals surface area (Å²) in [7, 11) is -4.11. The van der Waals surface area contributed by atoms with Gasteiger partial charge in [0, 0.05) is 32.6 Å². The average Bonchev–Trinajstić information content (AvgIpc) is 3.73. The Kier molecular flexibility index (Phi) is 5.58. The summed E-state index contributed by atoms with van der Waals surface area (Å²) in [4.78, 5) is 39.9. The van der Waals surface area contributed by atoms with Crippen LogP contribution in [0.25, 0.3) is 0 Å². The van der Waals surface area contributed by atoms with Crippen LogP contribution in [0.3, 0.4) is 0 Å². The Hall–Kier alpha value is -3.15. The molecular weight excluding hydrogens is 499 g/mol. The van der Waals surface area contributed by atoms with Crippen LogP contribution in [0.15, 0.2) is 35.1 Å². The van der Waals surface area contributed by atoms with E-state index in [4.69, 9.17) is 0 Å². The van der Waals surface area contributed by atoms with Gasteiger partial charge >= 0.3 is 0 Å². The normalized spacial score (nSPS) is 21.6. The minimum atomic E-state index is -4.11. The Morgan fingerprint density at radius 1 is 1.14 bits per heavy atom. The molecule has 192 valence electrons. The number of fused-ring (bicyclic) bond motifs is 1. The van der Waals surface area contributed by atoms with E-state index in [1.54, 1.807) is 19.1 Å². The quantitative estimate of drug-likeness (QED) is 0.598. The van der Waals surface area contributed by atoms with Crippen molar-refractivity contribution in [3.8, 4) is 0 Å². The first-order valence-electron chi connectivity index (χ1n) is 11.5. The van der Waals surface area contributed by atoms with E-state index < -0.39 is 55.4 Å².